The number of carboxylic acid groups (broad SMARTS) is 1. The van der Waals surface area contributed by atoms with E-state index in [2.05, 4.69) is 10.3 Å². The van der Waals surface area contributed by atoms with Crippen LogP contribution in [0.2, 0.25) is 0 Å². The molecule has 0 aliphatic heterocycles. The monoisotopic (exact) mass is 250 g/mol. The maximum atomic E-state index is 11.7. The van der Waals surface area contributed by atoms with Crippen LogP contribution in [0.1, 0.15) is 31.7 Å². The van der Waals surface area contributed by atoms with Gasteiger partial charge in [-0.1, -0.05) is 25.8 Å². The maximum Gasteiger partial charge on any atom is 0.326 e. The summed E-state index contributed by atoms with van der Waals surface area (Å²) in [5, 5.41) is 11.5. The molecule has 1 aromatic rings. The van der Waals surface area contributed by atoms with Crippen LogP contribution in [0.25, 0.3) is 0 Å². The quantitative estimate of drug-likeness (QED) is 0.766. The molecule has 1 rings (SSSR count). The Morgan fingerprint density at radius 3 is 2.83 bits per heavy atom. The molecule has 5 heteroatoms. The number of aliphatic carboxylic acids is 1. The summed E-state index contributed by atoms with van der Waals surface area (Å²) in [5.74, 6) is -1.27. The summed E-state index contributed by atoms with van der Waals surface area (Å²) in [5.41, 5.74) is 0.773. The summed E-state index contributed by atoms with van der Waals surface area (Å²) in [6.07, 6.45) is 5.53. The first-order chi connectivity index (χ1) is 8.63. The summed E-state index contributed by atoms with van der Waals surface area (Å²) in [6, 6.07) is 2.73. The van der Waals surface area contributed by atoms with Gasteiger partial charge in [-0.2, -0.15) is 0 Å². The smallest absolute Gasteiger partial charge is 0.326 e. The Balaban J connectivity index is 2.48. The lowest BCUT2D eigenvalue weighted by Crippen LogP contribution is -2.41. The van der Waals surface area contributed by atoms with E-state index in [1.54, 1.807) is 24.5 Å². The molecule has 0 aromatic carbocycles. The van der Waals surface area contributed by atoms with Gasteiger partial charge < -0.3 is 10.4 Å². The molecule has 0 fully saturated rings. The zero-order valence-electron chi connectivity index (χ0n) is 10.4. The van der Waals surface area contributed by atoms with E-state index in [9.17, 15) is 9.59 Å². The molecule has 0 spiro atoms. The number of carboxylic acids is 1. The number of nitrogens with one attached hydrogen (secondary N) is 1. The molecule has 1 atom stereocenters. The van der Waals surface area contributed by atoms with Crippen molar-refractivity contribution in [1.82, 2.24) is 10.3 Å². The number of nitrogens with zero attached hydrogens (tertiary/aromatic N) is 1. The van der Waals surface area contributed by atoms with Crippen LogP contribution in [-0.4, -0.2) is 28.0 Å². The lowest BCUT2D eigenvalue weighted by Gasteiger charge is -2.13. The van der Waals surface area contributed by atoms with Crippen molar-refractivity contribution in [1.29, 1.82) is 0 Å². The van der Waals surface area contributed by atoms with E-state index in [0.717, 1.165) is 18.4 Å². The molecule has 0 aliphatic carbocycles. The first-order valence-electron chi connectivity index (χ1n) is 6.04. The van der Waals surface area contributed by atoms with Gasteiger partial charge in [0.1, 0.15) is 6.04 Å². The normalized spacial score (nSPS) is 11.8. The molecule has 0 radical (unpaired) electrons. The van der Waals surface area contributed by atoms with Crippen molar-refractivity contribution in [3.63, 3.8) is 0 Å². The molecule has 0 aliphatic rings. The van der Waals surface area contributed by atoms with Crippen LogP contribution in [0.3, 0.4) is 0 Å². The predicted octanol–water partition coefficient (Wildman–Crippen LogP) is 1.38. The van der Waals surface area contributed by atoms with E-state index >= 15 is 0 Å². The lowest BCUT2D eigenvalue weighted by molar-refractivity contribution is -0.142. The third-order valence-corrected chi connectivity index (χ3v) is 2.57. The Morgan fingerprint density at radius 1 is 1.50 bits per heavy atom. The largest absolute Gasteiger partial charge is 0.480 e. The van der Waals surface area contributed by atoms with Gasteiger partial charge in [-0.05, 0) is 18.1 Å². The number of hydrogen-bond donors (Lipinski definition) is 2. The fourth-order valence-electron chi connectivity index (χ4n) is 1.60. The van der Waals surface area contributed by atoms with Crippen LogP contribution < -0.4 is 5.32 Å². The summed E-state index contributed by atoms with van der Waals surface area (Å²) < 4.78 is 0. The zero-order chi connectivity index (χ0) is 13.4. The zero-order valence-corrected chi connectivity index (χ0v) is 10.4. The highest BCUT2D eigenvalue weighted by Gasteiger charge is 2.18. The van der Waals surface area contributed by atoms with E-state index in [0.29, 0.717) is 6.42 Å². The molecule has 1 heterocycles. The van der Waals surface area contributed by atoms with Gasteiger partial charge in [-0.25, -0.2) is 4.79 Å². The number of carbonyl (C=O) groups excluding carboxylic acids is 1. The molecule has 0 saturated carbocycles. The van der Waals surface area contributed by atoms with Crippen molar-refractivity contribution in [2.24, 2.45) is 0 Å². The average molecular weight is 250 g/mol. The second kappa shape index (κ2) is 7.42. The van der Waals surface area contributed by atoms with Gasteiger partial charge >= 0.3 is 5.97 Å². The van der Waals surface area contributed by atoms with E-state index in [-0.39, 0.29) is 12.3 Å². The minimum absolute atomic E-state index is 0.156. The number of rotatable bonds is 7. The predicted molar refractivity (Wildman–Crippen MR) is 67.0 cm³/mol. The van der Waals surface area contributed by atoms with Gasteiger partial charge in [0.15, 0.2) is 0 Å². The Hall–Kier alpha value is -1.91. The highest BCUT2D eigenvalue weighted by Crippen LogP contribution is 2.02. The first kappa shape index (κ1) is 14.2. The maximum absolute atomic E-state index is 11.7. The van der Waals surface area contributed by atoms with E-state index < -0.39 is 12.0 Å². The fourth-order valence-corrected chi connectivity index (χ4v) is 1.60. The van der Waals surface area contributed by atoms with Crippen LogP contribution in [0.15, 0.2) is 24.5 Å². The molecule has 1 amide bonds. The molecule has 98 valence electrons. The van der Waals surface area contributed by atoms with Crippen molar-refractivity contribution in [2.75, 3.05) is 0 Å². The van der Waals surface area contributed by atoms with Gasteiger partial charge in [0.25, 0.3) is 0 Å². The van der Waals surface area contributed by atoms with Crippen LogP contribution >= 0.6 is 0 Å². The fraction of sp³-hybridized carbons (Fsp3) is 0.462. The minimum Gasteiger partial charge on any atom is -0.480 e. The van der Waals surface area contributed by atoms with Crippen molar-refractivity contribution in [3.05, 3.63) is 30.1 Å². The average Bonchev–Trinajstić information content (AvgIpc) is 2.35. The molecule has 0 unspecified atom stereocenters. The third-order valence-electron chi connectivity index (χ3n) is 2.57. The molecule has 18 heavy (non-hydrogen) atoms. The van der Waals surface area contributed by atoms with Crippen molar-refractivity contribution in [3.8, 4) is 0 Å². The van der Waals surface area contributed by atoms with Crippen LogP contribution in [0.4, 0.5) is 0 Å². The van der Waals surface area contributed by atoms with E-state index in [1.807, 2.05) is 6.92 Å². The first-order valence-corrected chi connectivity index (χ1v) is 6.04. The Bertz CT molecular complexity index is 392. The van der Waals surface area contributed by atoms with Gasteiger partial charge in [-0.15, -0.1) is 0 Å². The Kier molecular flexibility index (Phi) is 5.84. The van der Waals surface area contributed by atoms with Crippen LogP contribution in [-0.2, 0) is 16.0 Å². The van der Waals surface area contributed by atoms with Crippen molar-refractivity contribution < 1.29 is 14.7 Å². The highest BCUT2D eigenvalue weighted by atomic mass is 16.4. The molecule has 2 N–H and O–H groups in total. The van der Waals surface area contributed by atoms with Gasteiger partial charge in [0.2, 0.25) is 5.91 Å². The van der Waals surface area contributed by atoms with Crippen molar-refractivity contribution in [2.45, 2.75) is 38.6 Å². The molecule has 0 saturated heterocycles. The Labute approximate surface area is 106 Å². The highest BCUT2D eigenvalue weighted by molar-refractivity contribution is 5.84. The summed E-state index contributed by atoms with van der Waals surface area (Å²) in [6.45, 7) is 1.98. The molecule has 1 aromatic heterocycles. The minimum atomic E-state index is -0.983. The van der Waals surface area contributed by atoms with Gasteiger partial charge in [-0.3, -0.25) is 9.78 Å². The van der Waals surface area contributed by atoms with Gasteiger partial charge in [0.05, 0.1) is 6.42 Å². The number of unbranched alkanes of at least 4 members (excludes halogenated alkanes) is 1. The lowest BCUT2D eigenvalue weighted by atomic mass is 10.1. The van der Waals surface area contributed by atoms with Crippen LogP contribution in [0, 0.1) is 0 Å². The molecule has 0 bridgehead atoms. The third kappa shape index (κ3) is 4.95. The summed E-state index contributed by atoms with van der Waals surface area (Å²) in [4.78, 5) is 26.6. The number of amides is 1. The second-order valence-electron chi connectivity index (χ2n) is 4.14. The standard InChI is InChI=1S/C13H18N2O3/c1-2-3-6-11(13(17)18)15-12(16)8-10-5-4-7-14-9-10/h4-5,7,9,11H,2-3,6,8H2,1H3,(H,15,16)(H,17,18)/t11-/m0/s1. The number of carbonyl (C=O) groups is 2. The number of pyridine rings is 1. The van der Waals surface area contributed by atoms with Gasteiger partial charge in [0, 0.05) is 12.4 Å². The van der Waals surface area contributed by atoms with E-state index in [1.165, 1.54) is 0 Å². The van der Waals surface area contributed by atoms with E-state index in [4.69, 9.17) is 5.11 Å². The number of hydrogen-bond acceptors (Lipinski definition) is 3. The molecular formula is C13H18N2O3. The number of aromatic nitrogens is 1. The van der Waals surface area contributed by atoms with Crippen LogP contribution in [0.5, 0.6) is 0 Å². The van der Waals surface area contributed by atoms with Crippen molar-refractivity contribution >= 4 is 11.9 Å². The molecule has 5 nitrogen and oxygen atoms in total. The Morgan fingerprint density at radius 2 is 2.28 bits per heavy atom. The topological polar surface area (TPSA) is 79.3 Å². The second-order valence-corrected chi connectivity index (χ2v) is 4.14. The molecular weight excluding hydrogens is 232 g/mol. The SMILES string of the molecule is CCCC[C@H](NC(=O)Cc1cccnc1)C(=O)O. The summed E-state index contributed by atoms with van der Waals surface area (Å²) in [7, 11) is 0. The summed E-state index contributed by atoms with van der Waals surface area (Å²) >= 11 is 0.